The summed E-state index contributed by atoms with van der Waals surface area (Å²) < 4.78 is 2.33. The van der Waals surface area contributed by atoms with Gasteiger partial charge < -0.3 is 9.88 Å². The highest BCUT2D eigenvalue weighted by molar-refractivity contribution is 5.01. The molecule has 0 saturated heterocycles. The molecule has 0 aliphatic heterocycles. The molecule has 0 bridgehead atoms. The maximum Gasteiger partial charge on any atom is 0.0951 e. The molecule has 17 heavy (non-hydrogen) atoms. The van der Waals surface area contributed by atoms with Crippen molar-refractivity contribution in [1.82, 2.24) is 14.9 Å². The predicted octanol–water partition coefficient (Wildman–Crippen LogP) is 3.13. The fourth-order valence-electron chi connectivity index (χ4n) is 2.12. The van der Waals surface area contributed by atoms with Crippen molar-refractivity contribution in [2.75, 3.05) is 0 Å². The molecule has 2 rings (SSSR count). The van der Waals surface area contributed by atoms with Gasteiger partial charge in [-0.2, -0.15) is 0 Å². The second-order valence-corrected chi connectivity index (χ2v) is 5.77. The molecule has 1 N–H and O–H groups in total. The molecule has 1 saturated carbocycles. The smallest absolute Gasteiger partial charge is 0.0951 e. The van der Waals surface area contributed by atoms with E-state index in [1.54, 1.807) is 0 Å². The van der Waals surface area contributed by atoms with Crippen LogP contribution in [-0.4, -0.2) is 15.6 Å². The zero-order chi connectivity index (χ0) is 12.3. The van der Waals surface area contributed by atoms with Gasteiger partial charge in [0.2, 0.25) is 0 Å². The van der Waals surface area contributed by atoms with Gasteiger partial charge in [0.05, 0.1) is 12.0 Å². The average molecular weight is 235 g/mol. The Hall–Kier alpha value is -0.830. The van der Waals surface area contributed by atoms with E-state index in [2.05, 4.69) is 35.6 Å². The summed E-state index contributed by atoms with van der Waals surface area (Å²) >= 11 is 0. The number of nitrogens with zero attached hydrogens (tertiary/aromatic N) is 2. The van der Waals surface area contributed by atoms with Crippen LogP contribution in [-0.2, 0) is 6.54 Å². The van der Waals surface area contributed by atoms with Crippen LogP contribution in [0.4, 0.5) is 0 Å². The first-order chi connectivity index (χ1) is 8.16. The largest absolute Gasteiger partial charge is 0.331 e. The molecule has 1 heterocycles. The van der Waals surface area contributed by atoms with E-state index in [1.165, 1.54) is 31.4 Å². The first-order valence-electron chi connectivity index (χ1n) is 6.91. The highest BCUT2D eigenvalue weighted by Gasteiger charge is 2.21. The van der Waals surface area contributed by atoms with Gasteiger partial charge in [-0.05, 0) is 38.5 Å². The lowest BCUT2D eigenvalue weighted by Crippen LogP contribution is -2.19. The molecule has 1 aromatic rings. The Morgan fingerprint density at radius 1 is 1.35 bits per heavy atom. The molecule has 3 nitrogen and oxygen atoms in total. The molecule has 1 aromatic heterocycles. The molecule has 1 atom stereocenters. The normalized spacial score (nSPS) is 17.6. The van der Waals surface area contributed by atoms with Crippen LogP contribution in [0.2, 0.25) is 0 Å². The minimum atomic E-state index is 0.566. The van der Waals surface area contributed by atoms with Crippen LogP contribution in [0.5, 0.6) is 0 Å². The third-order valence-electron chi connectivity index (χ3n) is 3.53. The lowest BCUT2D eigenvalue weighted by atomic mass is 10.0. The summed E-state index contributed by atoms with van der Waals surface area (Å²) in [4.78, 5) is 4.29. The van der Waals surface area contributed by atoms with Gasteiger partial charge in [0.1, 0.15) is 0 Å². The fourth-order valence-corrected chi connectivity index (χ4v) is 2.12. The lowest BCUT2D eigenvalue weighted by Gasteiger charge is -2.17. The summed E-state index contributed by atoms with van der Waals surface area (Å²) in [5.41, 5.74) is 1.33. The molecule has 1 unspecified atom stereocenters. The van der Waals surface area contributed by atoms with Crippen molar-refractivity contribution in [2.24, 2.45) is 5.92 Å². The predicted molar refractivity (Wildman–Crippen MR) is 70.9 cm³/mol. The Kier molecular flexibility index (Phi) is 4.21. The molecule has 0 spiro atoms. The molecule has 1 aliphatic carbocycles. The van der Waals surface area contributed by atoms with Crippen molar-refractivity contribution in [3.63, 3.8) is 0 Å². The van der Waals surface area contributed by atoms with Crippen molar-refractivity contribution < 1.29 is 0 Å². The molecule has 0 radical (unpaired) electrons. The van der Waals surface area contributed by atoms with E-state index >= 15 is 0 Å². The zero-order valence-electron chi connectivity index (χ0n) is 11.3. The number of hydrogen-bond donors (Lipinski definition) is 1. The average Bonchev–Trinajstić information content (AvgIpc) is 3.00. The van der Waals surface area contributed by atoms with Gasteiger partial charge in [-0.1, -0.05) is 13.8 Å². The molecular formula is C14H25N3. The van der Waals surface area contributed by atoms with E-state index < -0.39 is 0 Å². The quantitative estimate of drug-likeness (QED) is 0.787. The maximum absolute atomic E-state index is 4.29. The highest BCUT2D eigenvalue weighted by atomic mass is 15.1. The Labute approximate surface area is 105 Å². The molecule has 0 aromatic carbocycles. The van der Waals surface area contributed by atoms with Gasteiger partial charge in [-0.3, -0.25) is 0 Å². The van der Waals surface area contributed by atoms with Crippen molar-refractivity contribution in [1.29, 1.82) is 0 Å². The van der Waals surface area contributed by atoms with Gasteiger partial charge >= 0.3 is 0 Å². The SMILES string of the molecule is CC(C)CCC(C)n1cncc1CNC1CC1. The Balaban J connectivity index is 1.86. The van der Waals surface area contributed by atoms with E-state index in [-0.39, 0.29) is 0 Å². The minimum Gasteiger partial charge on any atom is -0.331 e. The third-order valence-corrected chi connectivity index (χ3v) is 3.53. The van der Waals surface area contributed by atoms with E-state index in [0.717, 1.165) is 18.5 Å². The summed E-state index contributed by atoms with van der Waals surface area (Å²) in [5.74, 6) is 0.786. The van der Waals surface area contributed by atoms with Crippen LogP contribution in [0, 0.1) is 5.92 Å². The topological polar surface area (TPSA) is 29.9 Å². The lowest BCUT2D eigenvalue weighted by molar-refractivity contribution is 0.427. The van der Waals surface area contributed by atoms with Gasteiger partial charge in [0, 0.05) is 24.8 Å². The monoisotopic (exact) mass is 235 g/mol. The van der Waals surface area contributed by atoms with Crippen LogP contribution in [0.3, 0.4) is 0 Å². The molecule has 1 fully saturated rings. The van der Waals surface area contributed by atoms with Gasteiger partial charge in [-0.15, -0.1) is 0 Å². The van der Waals surface area contributed by atoms with Crippen molar-refractivity contribution in [2.45, 2.75) is 65.1 Å². The fraction of sp³-hybridized carbons (Fsp3) is 0.786. The Morgan fingerprint density at radius 3 is 2.76 bits per heavy atom. The second kappa shape index (κ2) is 5.67. The van der Waals surface area contributed by atoms with Crippen LogP contribution in [0.25, 0.3) is 0 Å². The number of nitrogens with one attached hydrogen (secondary N) is 1. The molecular weight excluding hydrogens is 210 g/mol. The van der Waals surface area contributed by atoms with Gasteiger partial charge in [-0.25, -0.2) is 4.98 Å². The van der Waals surface area contributed by atoms with Crippen LogP contribution in [0.1, 0.15) is 58.2 Å². The Morgan fingerprint density at radius 2 is 2.12 bits per heavy atom. The minimum absolute atomic E-state index is 0.566. The number of rotatable bonds is 7. The first kappa shape index (κ1) is 12.6. The molecule has 3 heteroatoms. The van der Waals surface area contributed by atoms with Crippen LogP contribution in [0.15, 0.2) is 12.5 Å². The third kappa shape index (κ3) is 3.84. The van der Waals surface area contributed by atoms with Crippen LogP contribution < -0.4 is 5.32 Å². The van der Waals surface area contributed by atoms with Gasteiger partial charge in [0.25, 0.3) is 0 Å². The van der Waals surface area contributed by atoms with E-state index in [1.807, 2.05) is 12.5 Å². The zero-order valence-corrected chi connectivity index (χ0v) is 11.3. The molecule has 0 amide bonds. The summed E-state index contributed by atoms with van der Waals surface area (Å²) in [6, 6.07) is 1.33. The summed E-state index contributed by atoms with van der Waals surface area (Å²) in [5, 5.41) is 3.56. The number of imidazole rings is 1. The van der Waals surface area contributed by atoms with E-state index in [4.69, 9.17) is 0 Å². The van der Waals surface area contributed by atoms with E-state index in [0.29, 0.717) is 6.04 Å². The maximum atomic E-state index is 4.29. The Bertz CT molecular complexity index is 339. The number of aromatic nitrogens is 2. The van der Waals surface area contributed by atoms with Crippen molar-refractivity contribution in [3.8, 4) is 0 Å². The first-order valence-corrected chi connectivity index (χ1v) is 6.91. The van der Waals surface area contributed by atoms with Crippen molar-refractivity contribution >= 4 is 0 Å². The highest BCUT2D eigenvalue weighted by Crippen LogP contribution is 2.21. The molecule has 1 aliphatic rings. The number of hydrogen-bond acceptors (Lipinski definition) is 2. The van der Waals surface area contributed by atoms with Gasteiger partial charge in [0.15, 0.2) is 0 Å². The standard InChI is InChI=1S/C14H25N3/c1-11(2)4-5-12(3)17-10-15-8-14(17)9-16-13-6-7-13/h8,10-13,16H,4-7,9H2,1-3H3. The van der Waals surface area contributed by atoms with E-state index in [9.17, 15) is 0 Å². The summed E-state index contributed by atoms with van der Waals surface area (Å²) in [6.45, 7) is 7.84. The van der Waals surface area contributed by atoms with Crippen molar-refractivity contribution in [3.05, 3.63) is 18.2 Å². The van der Waals surface area contributed by atoms with Crippen LogP contribution >= 0.6 is 0 Å². The molecule has 96 valence electrons. The summed E-state index contributed by atoms with van der Waals surface area (Å²) in [7, 11) is 0. The summed E-state index contributed by atoms with van der Waals surface area (Å²) in [6.07, 6.45) is 9.20. The second-order valence-electron chi connectivity index (χ2n) is 5.77.